The number of benzene rings is 2. The highest BCUT2D eigenvalue weighted by molar-refractivity contribution is 6.45. The molecule has 0 spiro atoms. The van der Waals surface area contributed by atoms with Crippen LogP contribution in [0.4, 0.5) is 4.39 Å². The third kappa shape index (κ3) is 5.46. The Balaban J connectivity index is 0.00000342. The van der Waals surface area contributed by atoms with Crippen molar-refractivity contribution in [3.8, 4) is 0 Å². The van der Waals surface area contributed by atoms with Crippen molar-refractivity contribution < 1.29 is 18.8 Å². The van der Waals surface area contributed by atoms with Gasteiger partial charge in [-0.2, -0.15) is 0 Å². The molecule has 4 rings (SSSR count). The van der Waals surface area contributed by atoms with E-state index in [1.165, 1.54) is 31.1 Å². The van der Waals surface area contributed by atoms with E-state index in [4.69, 9.17) is 11.6 Å². The maximum Gasteiger partial charge on any atom is 0.294 e. The van der Waals surface area contributed by atoms with Crippen LogP contribution in [0.2, 0.25) is 5.02 Å². The number of piperidine rings is 1. The summed E-state index contributed by atoms with van der Waals surface area (Å²) < 4.78 is 14.9. The van der Waals surface area contributed by atoms with E-state index < -0.39 is 11.7 Å². The molecule has 1 fully saturated rings. The topological polar surface area (TPSA) is 62.6 Å². The van der Waals surface area contributed by atoms with Crippen molar-refractivity contribution in [1.82, 2.24) is 14.4 Å². The van der Waals surface area contributed by atoms with Gasteiger partial charge in [0.2, 0.25) is 0 Å². The van der Waals surface area contributed by atoms with Gasteiger partial charge in [-0.15, -0.1) is 0 Å². The monoisotopic (exact) mass is 499 g/mol. The number of halogens is 2. The van der Waals surface area contributed by atoms with E-state index in [2.05, 4.69) is 4.90 Å². The van der Waals surface area contributed by atoms with Gasteiger partial charge >= 0.3 is 0 Å². The number of fused-ring (bicyclic) bond motifs is 1. The predicted molar refractivity (Wildman–Crippen MR) is 136 cm³/mol. The molecule has 1 aromatic heterocycles. The van der Waals surface area contributed by atoms with Crippen molar-refractivity contribution in [3.05, 3.63) is 70.1 Å². The molecule has 6 nitrogen and oxygen atoms in total. The Kier molecular flexibility index (Phi) is 8.13. The van der Waals surface area contributed by atoms with Gasteiger partial charge in [0.25, 0.3) is 11.7 Å². The lowest BCUT2D eigenvalue weighted by Crippen LogP contribution is -2.36. The van der Waals surface area contributed by atoms with Crippen LogP contribution >= 0.6 is 11.6 Å². The summed E-state index contributed by atoms with van der Waals surface area (Å²) in [4.78, 5) is 41.9. The van der Waals surface area contributed by atoms with E-state index in [1.807, 2.05) is 0 Å². The first-order chi connectivity index (χ1) is 16.2. The van der Waals surface area contributed by atoms with E-state index in [0.29, 0.717) is 40.9 Å². The molecule has 0 N–H and O–H groups in total. The summed E-state index contributed by atoms with van der Waals surface area (Å²) in [6.45, 7) is 2.21. The largest absolute Gasteiger partial charge is 0.350 e. The Morgan fingerprint density at radius 2 is 1.69 bits per heavy atom. The minimum Gasteiger partial charge on any atom is -0.350 e. The van der Waals surface area contributed by atoms with Crippen LogP contribution in [0.1, 0.15) is 46.5 Å². The third-order valence-corrected chi connectivity index (χ3v) is 6.78. The van der Waals surface area contributed by atoms with Crippen molar-refractivity contribution in [2.75, 3.05) is 27.2 Å². The summed E-state index contributed by atoms with van der Waals surface area (Å²) in [6, 6.07) is 9.81. The summed E-state index contributed by atoms with van der Waals surface area (Å²) in [6.07, 6.45) is 2.98. The summed E-state index contributed by atoms with van der Waals surface area (Å²) in [5.74, 6) is -1.72. The molecule has 1 saturated heterocycles. The number of likely N-dealkylation sites (N-methyl/N-ethyl adjacent to an activating group) is 1. The van der Waals surface area contributed by atoms with Crippen LogP contribution in [0.15, 0.2) is 42.6 Å². The van der Waals surface area contributed by atoms with Gasteiger partial charge in [0.05, 0.1) is 16.1 Å². The number of carbonyl (C=O) groups excluding carboxylic acids is 3. The number of amides is 1. The summed E-state index contributed by atoms with van der Waals surface area (Å²) in [5.41, 5.74) is 2.36. The van der Waals surface area contributed by atoms with Crippen molar-refractivity contribution in [1.29, 1.82) is 0 Å². The zero-order chi connectivity index (χ0) is 24.6. The van der Waals surface area contributed by atoms with Gasteiger partial charge in [-0.25, -0.2) is 4.39 Å². The van der Waals surface area contributed by atoms with Crippen LogP contribution < -0.4 is 0 Å². The standard InChI is InChI=1S/C26H27ClFN3O3.CH4/c1-29(2)26(34)25(33)21-15-30(3)23-13-22(27)20(12-19(21)23)24(32)17-8-10-31(11-9-17)14-16-4-6-18(28)7-5-16;/h4-7,12-13,15,17H,8-11,14H2,1-3H3;1H4. The average Bonchev–Trinajstić information content (AvgIpc) is 3.14. The molecule has 35 heavy (non-hydrogen) atoms. The zero-order valence-corrected chi connectivity index (χ0v) is 20.2. The van der Waals surface area contributed by atoms with Gasteiger partial charge in [-0.1, -0.05) is 31.2 Å². The van der Waals surface area contributed by atoms with Gasteiger partial charge in [0.15, 0.2) is 5.78 Å². The maximum atomic E-state index is 13.4. The SMILES string of the molecule is C.CN(C)C(=O)C(=O)c1cn(C)c2cc(Cl)c(C(=O)C3CCN(Cc4ccc(F)cc4)CC3)cc12. The fraction of sp³-hybridized carbons (Fsp3) is 0.370. The van der Waals surface area contributed by atoms with E-state index in [1.54, 1.807) is 42.1 Å². The quantitative estimate of drug-likeness (QED) is 0.355. The lowest BCUT2D eigenvalue weighted by atomic mass is 9.88. The number of hydrogen-bond donors (Lipinski definition) is 0. The molecule has 0 aliphatic carbocycles. The molecule has 0 bridgehead atoms. The van der Waals surface area contributed by atoms with Gasteiger partial charge in [0.1, 0.15) is 5.82 Å². The molecule has 1 amide bonds. The highest BCUT2D eigenvalue weighted by Gasteiger charge is 2.29. The molecule has 2 aromatic carbocycles. The molecule has 0 unspecified atom stereocenters. The molecule has 0 atom stereocenters. The number of likely N-dealkylation sites (tertiary alicyclic amines) is 1. The minimum absolute atomic E-state index is 0. The molecule has 186 valence electrons. The van der Waals surface area contributed by atoms with E-state index in [0.717, 1.165) is 18.7 Å². The summed E-state index contributed by atoms with van der Waals surface area (Å²) in [7, 11) is 4.83. The van der Waals surface area contributed by atoms with Crippen LogP contribution in [0.3, 0.4) is 0 Å². The molecule has 2 heterocycles. The molecular weight excluding hydrogens is 469 g/mol. The Labute approximate surface area is 210 Å². The average molecular weight is 500 g/mol. The van der Waals surface area contributed by atoms with Gasteiger partial charge < -0.3 is 9.47 Å². The predicted octanol–water partition coefficient (Wildman–Crippen LogP) is 4.97. The number of aryl methyl sites for hydroxylation is 1. The minimum atomic E-state index is -0.621. The molecule has 3 aromatic rings. The van der Waals surface area contributed by atoms with Crippen molar-refractivity contribution in [2.45, 2.75) is 26.8 Å². The number of aromatic nitrogens is 1. The third-order valence-electron chi connectivity index (χ3n) is 6.47. The Morgan fingerprint density at radius 1 is 1.06 bits per heavy atom. The molecule has 0 radical (unpaired) electrons. The Bertz CT molecular complexity index is 1260. The normalized spacial score (nSPS) is 14.5. The number of nitrogens with zero attached hydrogens (tertiary/aromatic N) is 3. The number of rotatable bonds is 6. The first kappa shape index (κ1) is 26.6. The van der Waals surface area contributed by atoms with E-state index in [-0.39, 0.29) is 30.5 Å². The van der Waals surface area contributed by atoms with Crippen molar-refractivity contribution in [3.63, 3.8) is 0 Å². The second-order valence-electron chi connectivity index (χ2n) is 9.07. The number of Topliss-reactive ketones (excluding diaryl/α,β-unsaturated/α-hetero) is 2. The molecule has 1 aliphatic heterocycles. The fourth-order valence-corrected chi connectivity index (χ4v) is 4.76. The van der Waals surface area contributed by atoms with Crippen molar-refractivity contribution >= 4 is 40.0 Å². The highest BCUT2D eigenvalue weighted by Crippen LogP contribution is 2.32. The van der Waals surface area contributed by atoms with E-state index in [9.17, 15) is 18.8 Å². The van der Waals surface area contributed by atoms with Crippen LogP contribution in [-0.2, 0) is 18.4 Å². The number of hydrogen-bond acceptors (Lipinski definition) is 4. The summed E-state index contributed by atoms with van der Waals surface area (Å²) >= 11 is 6.50. The van der Waals surface area contributed by atoms with Crippen LogP contribution in [0, 0.1) is 11.7 Å². The lowest BCUT2D eigenvalue weighted by Gasteiger charge is -2.31. The van der Waals surface area contributed by atoms with Crippen molar-refractivity contribution in [2.24, 2.45) is 13.0 Å². The Hall–Kier alpha value is -3.03. The first-order valence-electron chi connectivity index (χ1n) is 11.2. The number of carbonyl (C=O) groups is 3. The van der Waals surface area contributed by atoms with Crippen LogP contribution in [-0.4, -0.2) is 59.0 Å². The first-order valence-corrected chi connectivity index (χ1v) is 11.6. The number of ketones is 2. The van der Waals surface area contributed by atoms with Gasteiger partial charge in [-0.3, -0.25) is 19.3 Å². The van der Waals surface area contributed by atoms with Gasteiger partial charge in [0, 0.05) is 50.8 Å². The second kappa shape index (κ2) is 10.7. The second-order valence-corrected chi connectivity index (χ2v) is 9.48. The summed E-state index contributed by atoms with van der Waals surface area (Å²) in [5, 5.41) is 0.884. The maximum absolute atomic E-state index is 13.4. The fourth-order valence-electron chi connectivity index (χ4n) is 4.51. The molecule has 0 saturated carbocycles. The zero-order valence-electron chi connectivity index (χ0n) is 19.5. The molecular formula is C27H31ClFN3O3. The van der Waals surface area contributed by atoms with Crippen LogP contribution in [0.5, 0.6) is 0 Å². The lowest BCUT2D eigenvalue weighted by molar-refractivity contribution is -0.124. The van der Waals surface area contributed by atoms with E-state index >= 15 is 0 Å². The molecule has 8 heteroatoms. The Morgan fingerprint density at radius 3 is 2.29 bits per heavy atom. The smallest absolute Gasteiger partial charge is 0.294 e. The highest BCUT2D eigenvalue weighted by atomic mass is 35.5. The van der Waals surface area contributed by atoms with Gasteiger partial charge in [-0.05, 0) is 55.8 Å². The van der Waals surface area contributed by atoms with Crippen LogP contribution in [0.25, 0.3) is 10.9 Å². The molecule has 1 aliphatic rings.